The molecule has 2 unspecified atom stereocenters. The molecule has 0 N–H and O–H groups in total. The van der Waals surface area contributed by atoms with Crippen molar-refractivity contribution in [2.24, 2.45) is 0 Å². The van der Waals surface area contributed by atoms with E-state index in [-0.39, 0.29) is 6.10 Å². The van der Waals surface area contributed by atoms with Crippen LogP contribution < -0.4 is 9.64 Å². The molecule has 0 spiro atoms. The van der Waals surface area contributed by atoms with E-state index in [9.17, 15) is 0 Å². The monoisotopic (exact) mass is 543 g/mol. The van der Waals surface area contributed by atoms with E-state index in [4.69, 9.17) is 14.5 Å². The fraction of sp³-hybridized carbons (Fsp3) is 0.480. The molecule has 7 rings (SSSR count). The van der Waals surface area contributed by atoms with Crippen LogP contribution in [-0.2, 0) is 4.74 Å². The van der Waals surface area contributed by atoms with E-state index in [1.807, 2.05) is 12.1 Å². The number of tetrazole rings is 2. The fourth-order valence-electron chi connectivity index (χ4n) is 5.55. The van der Waals surface area contributed by atoms with Gasteiger partial charge in [0, 0.05) is 30.9 Å². The Morgan fingerprint density at radius 2 is 1.80 bits per heavy atom. The van der Waals surface area contributed by atoms with Crippen LogP contribution in [0, 0.1) is 6.92 Å². The van der Waals surface area contributed by atoms with Crippen molar-refractivity contribution in [2.75, 3.05) is 44.3 Å². The average molecular weight is 544 g/mol. The van der Waals surface area contributed by atoms with Crippen LogP contribution >= 0.6 is 0 Å². The van der Waals surface area contributed by atoms with Gasteiger partial charge in [-0.25, -0.2) is 0 Å². The standard InChI is InChI=1S/C25H29N13O2/c1-17-14-18(20-4-2-9-35(20)10-3-12-40-25-8-7-23-28-32-34-38(23)30-25)15-19(26-17)21-16-36(11-13-39-21)24-6-5-22-27-31-33-37(22)29-24/h5-8,14-15,20-21H,2-4,9-13,16H2,1H3. The zero-order chi connectivity index (χ0) is 26.9. The van der Waals surface area contributed by atoms with Gasteiger partial charge in [-0.15, -0.1) is 29.7 Å². The van der Waals surface area contributed by atoms with Crippen molar-refractivity contribution in [3.63, 3.8) is 0 Å². The lowest BCUT2D eigenvalue weighted by Gasteiger charge is -2.34. The number of hydrogen-bond acceptors (Lipinski definition) is 13. The Labute approximate surface area is 229 Å². The number of aromatic nitrogens is 11. The molecule has 0 aliphatic carbocycles. The Balaban J connectivity index is 1.00. The second kappa shape index (κ2) is 10.7. The van der Waals surface area contributed by atoms with E-state index in [2.05, 4.69) is 70.1 Å². The van der Waals surface area contributed by atoms with E-state index in [1.165, 1.54) is 21.2 Å². The Kier molecular flexibility index (Phi) is 6.57. The smallest absolute Gasteiger partial charge is 0.233 e. The average Bonchev–Trinajstić information content (AvgIpc) is 3.75. The zero-order valence-corrected chi connectivity index (χ0v) is 22.1. The highest BCUT2D eigenvalue weighted by Crippen LogP contribution is 2.34. The molecule has 40 heavy (non-hydrogen) atoms. The van der Waals surface area contributed by atoms with Crippen LogP contribution in [0.15, 0.2) is 36.4 Å². The van der Waals surface area contributed by atoms with Gasteiger partial charge in [-0.1, -0.05) is 0 Å². The lowest BCUT2D eigenvalue weighted by Crippen LogP contribution is -2.39. The first-order valence-corrected chi connectivity index (χ1v) is 13.5. The number of likely N-dealkylation sites (tertiary alicyclic amines) is 1. The number of rotatable bonds is 8. The molecule has 2 saturated heterocycles. The van der Waals surface area contributed by atoms with Crippen LogP contribution in [-0.4, -0.2) is 99.8 Å². The van der Waals surface area contributed by atoms with Gasteiger partial charge in [-0.2, -0.15) is 0 Å². The number of fused-ring (bicyclic) bond motifs is 2. The second-order valence-corrected chi connectivity index (χ2v) is 10.1. The molecule has 206 valence electrons. The number of ether oxygens (including phenoxy) is 2. The first-order valence-electron chi connectivity index (χ1n) is 13.5. The third-order valence-corrected chi connectivity index (χ3v) is 7.40. The first-order chi connectivity index (χ1) is 19.7. The number of nitrogens with zero attached hydrogens (tertiary/aromatic N) is 13. The molecule has 0 bridgehead atoms. The number of anilines is 1. The van der Waals surface area contributed by atoms with Gasteiger partial charge >= 0.3 is 0 Å². The summed E-state index contributed by atoms with van der Waals surface area (Å²) in [7, 11) is 0. The summed E-state index contributed by atoms with van der Waals surface area (Å²) in [6, 6.07) is 12.2. The molecule has 0 aromatic carbocycles. The minimum atomic E-state index is -0.146. The first kappa shape index (κ1) is 24.7. The van der Waals surface area contributed by atoms with Gasteiger partial charge in [0.05, 0.1) is 25.5 Å². The summed E-state index contributed by atoms with van der Waals surface area (Å²) in [5.74, 6) is 1.33. The van der Waals surface area contributed by atoms with Crippen LogP contribution in [0.4, 0.5) is 5.82 Å². The van der Waals surface area contributed by atoms with E-state index in [0.717, 1.165) is 49.7 Å². The maximum atomic E-state index is 6.20. The quantitative estimate of drug-likeness (QED) is 0.258. The van der Waals surface area contributed by atoms with Crippen LogP contribution in [0.2, 0.25) is 0 Å². The molecule has 5 aromatic heterocycles. The van der Waals surface area contributed by atoms with E-state index < -0.39 is 0 Å². The van der Waals surface area contributed by atoms with E-state index in [0.29, 0.717) is 43.0 Å². The maximum Gasteiger partial charge on any atom is 0.233 e. The molecule has 0 saturated carbocycles. The van der Waals surface area contributed by atoms with Crippen molar-refractivity contribution in [2.45, 2.75) is 38.3 Å². The Morgan fingerprint density at radius 3 is 2.67 bits per heavy atom. The third kappa shape index (κ3) is 5.00. The summed E-state index contributed by atoms with van der Waals surface area (Å²) in [5, 5.41) is 31.7. The molecule has 0 amide bonds. The van der Waals surface area contributed by atoms with Crippen molar-refractivity contribution in [3.05, 3.63) is 53.3 Å². The molecule has 7 heterocycles. The van der Waals surface area contributed by atoms with Gasteiger partial charge < -0.3 is 14.4 Å². The molecule has 2 aliphatic heterocycles. The molecular formula is C25H29N13O2. The number of morpholine rings is 1. The van der Waals surface area contributed by atoms with Gasteiger partial charge in [-0.05, 0) is 89.5 Å². The van der Waals surface area contributed by atoms with Gasteiger partial charge in [0.2, 0.25) is 5.88 Å². The highest BCUT2D eigenvalue weighted by molar-refractivity contribution is 5.45. The molecule has 0 radical (unpaired) electrons. The minimum Gasteiger partial charge on any atom is -0.477 e. The highest BCUT2D eigenvalue weighted by Gasteiger charge is 2.29. The lowest BCUT2D eigenvalue weighted by molar-refractivity contribution is 0.0364. The van der Waals surface area contributed by atoms with Crippen LogP contribution in [0.5, 0.6) is 5.88 Å². The van der Waals surface area contributed by atoms with E-state index in [1.54, 1.807) is 12.1 Å². The largest absolute Gasteiger partial charge is 0.477 e. The van der Waals surface area contributed by atoms with Crippen molar-refractivity contribution in [1.29, 1.82) is 0 Å². The van der Waals surface area contributed by atoms with Crippen molar-refractivity contribution < 1.29 is 9.47 Å². The predicted octanol–water partition coefficient (Wildman–Crippen LogP) is 1.24. The molecule has 15 nitrogen and oxygen atoms in total. The number of aryl methyl sites for hydroxylation is 1. The minimum absolute atomic E-state index is 0.146. The Morgan fingerprint density at radius 1 is 0.975 bits per heavy atom. The van der Waals surface area contributed by atoms with Crippen LogP contribution in [0.1, 0.15) is 48.4 Å². The number of pyridine rings is 1. The van der Waals surface area contributed by atoms with Crippen molar-refractivity contribution >= 4 is 17.1 Å². The molecule has 15 heteroatoms. The fourth-order valence-corrected chi connectivity index (χ4v) is 5.55. The normalized spacial score (nSPS) is 20.1. The Bertz CT molecular complexity index is 1620. The Hall–Kier alpha value is -4.37. The molecular weight excluding hydrogens is 514 g/mol. The zero-order valence-electron chi connectivity index (χ0n) is 22.1. The summed E-state index contributed by atoms with van der Waals surface area (Å²) in [6.07, 6.45) is 3.03. The molecule has 2 aliphatic rings. The second-order valence-electron chi connectivity index (χ2n) is 10.1. The van der Waals surface area contributed by atoms with Crippen molar-refractivity contribution in [1.82, 2.24) is 60.4 Å². The summed E-state index contributed by atoms with van der Waals surface area (Å²) in [6.45, 7) is 6.63. The summed E-state index contributed by atoms with van der Waals surface area (Å²) in [4.78, 5) is 9.62. The summed E-state index contributed by atoms with van der Waals surface area (Å²) >= 11 is 0. The van der Waals surface area contributed by atoms with Crippen molar-refractivity contribution in [3.8, 4) is 5.88 Å². The van der Waals surface area contributed by atoms with Gasteiger partial charge in [0.25, 0.3) is 0 Å². The number of hydrogen-bond donors (Lipinski definition) is 0. The summed E-state index contributed by atoms with van der Waals surface area (Å²) in [5.41, 5.74) is 4.46. The lowest BCUT2D eigenvalue weighted by atomic mass is 10.0. The van der Waals surface area contributed by atoms with Crippen LogP contribution in [0.3, 0.4) is 0 Å². The maximum absolute atomic E-state index is 6.20. The third-order valence-electron chi connectivity index (χ3n) is 7.40. The van der Waals surface area contributed by atoms with Crippen LogP contribution in [0.25, 0.3) is 11.3 Å². The van der Waals surface area contributed by atoms with Gasteiger partial charge in [0.1, 0.15) is 6.10 Å². The van der Waals surface area contributed by atoms with Gasteiger partial charge in [-0.3, -0.25) is 9.88 Å². The topological polar surface area (TPSA) is 150 Å². The SMILES string of the molecule is Cc1cc(C2CCCN2CCCOc2ccc3nnnn3n2)cc(C2CN(c3ccc4nnnn4n3)CCO2)n1. The molecule has 5 aromatic rings. The van der Waals surface area contributed by atoms with Gasteiger partial charge in [0.15, 0.2) is 17.1 Å². The predicted molar refractivity (Wildman–Crippen MR) is 141 cm³/mol. The summed E-state index contributed by atoms with van der Waals surface area (Å²) < 4.78 is 14.9. The highest BCUT2D eigenvalue weighted by atomic mass is 16.5. The molecule has 2 atom stereocenters. The molecule has 2 fully saturated rings. The van der Waals surface area contributed by atoms with E-state index >= 15 is 0 Å².